The number of anilines is 1. The van der Waals surface area contributed by atoms with Gasteiger partial charge in [-0.05, 0) is 44.7 Å². The second kappa shape index (κ2) is 7.46. The van der Waals surface area contributed by atoms with E-state index in [0.29, 0.717) is 11.8 Å². The van der Waals surface area contributed by atoms with Gasteiger partial charge in [-0.1, -0.05) is 30.9 Å². The van der Waals surface area contributed by atoms with E-state index < -0.39 is 0 Å². The highest BCUT2D eigenvalue weighted by molar-refractivity contribution is 5.93. The van der Waals surface area contributed by atoms with Crippen LogP contribution in [0.25, 0.3) is 16.6 Å². The van der Waals surface area contributed by atoms with E-state index in [1.807, 2.05) is 4.90 Å². The van der Waals surface area contributed by atoms with E-state index in [1.165, 1.54) is 37.7 Å². The van der Waals surface area contributed by atoms with Gasteiger partial charge in [-0.3, -0.25) is 4.79 Å². The molecule has 1 saturated heterocycles. The summed E-state index contributed by atoms with van der Waals surface area (Å²) in [6.07, 6.45) is 8.32. The van der Waals surface area contributed by atoms with Crippen LogP contribution in [0.15, 0.2) is 18.2 Å². The van der Waals surface area contributed by atoms with Crippen LogP contribution in [-0.4, -0.2) is 56.6 Å². The first-order valence-electron chi connectivity index (χ1n) is 11.9. The Morgan fingerprint density at radius 2 is 1.74 bits per heavy atom. The molecule has 3 aromatic rings. The average molecular weight is 419 g/mol. The Hall–Kier alpha value is -2.70. The number of amides is 1. The first kappa shape index (κ1) is 19.0. The standard InChI is InChI=1S/C24H30N6O/c1-16-7-10-20-19(15-16)22-27-26-21(17-5-3-2-4-6-17)30(22)24(25-20)29-13-11-28(12-14-29)23(31)18-8-9-18/h7,10,15,17-18H,2-6,8-9,11-14H2,1H3. The van der Waals surface area contributed by atoms with E-state index in [9.17, 15) is 4.79 Å². The van der Waals surface area contributed by atoms with Crippen molar-refractivity contribution >= 4 is 28.4 Å². The van der Waals surface area contributed by atoms with Crippen molar-refractivity contribution in [3.63, 3.8) is 0 Å². The largest absolute Gasteiger partial charge is 0.339 e. The Morgan fingerprint density at radius 1 is 0.968 bits per heavy atom. The van der Waals surface area contributed by atoms with Crippen molar-refractivity contribution in [3.8, 4) is 0 Å². The third-order valence-electron chi connectivity index (χ3n) is 7.27. The number of aromatic nitrogens is 4. The van der Waals surface area contributed by atoms with Crippen molar-refractivity contribution < 1.29 is 4.79 Å². The Labute approximate surface area is 182 Å². The summed E-state index contributed by atoms with van der Waals surface area (Å²) >= 11 is 0. The topological polar surface area (TPSA) is 66.6 Å². The maximum atomic E-state index is 12.5. The quantitative estimate of drug-likeness (QED) is 0.649. The molecule has 3 fully saturated rings. The third-order valence-corrected chi connectivity index (χ3v) is 7.27. The van der Waals surface area contributed by atoms with Crippen LogP contribution in [0.4, 0.5) is 5.95 Å². The number of piperazine rings is 1. The molecule has 31 heavy (non-hydrogen) atoms. The molecule has 1 aliphatic heterocycles. The fourth-order valence-electron chi connectivity index (χ4n) is 5.30. The van der Waals surface area contributed by atoms with Crippen molar-refractivity contribution in [1.29, 1.82) is 0 Å². The zero-order valence-corrected chi connectivity index (χ0v) is 18.3. The van der Waals surface area contributed by atoms with Gasteiger partial charge in [-0.2, -0.15) is 0 Å². The number of carbonyl (C=O) groups is 1. The highest BCUT2D eigenvalue weighted by Crippen LogP contribution is 2.35. The van der Waals surface area contributed by atoms with Gasteiger partial charge in [-0.25, -0.2) is 9.38 Å². The maximum absolute atomic E-state index is 12.5. The van der Waals surface area contributed by atoms with E-state index in [0.717, 1.165) is 67.3 Å². The van der Waals surface area contributed by atoms with Gasteiger partial charge < -0.3 is 9.80 Å². The van der Waals surface area contributed by atoms with Crippen LogP contribution in [0.5, 0.6) is 0 Å². The SMILES string of the molecule is Cc1ccc2nc(N3CCN(C(=O)C4CC4)CC3)n3c(C4CCCCC4)nnc3c2c1. The second-order valence-corrected chi connectivity index (χ2v) is 9.57. The van der Waals surface area contributed by atoms with E-state index >= 15 is 0 Å². The highest BCUT2D eigenvalue weighted by atomic mass is 16.2. The molecule has 0 bridgehead atoms. The highest BCUT2D eigenvalue weighted by Gasteiger charge is 2.35. The molecule has 0 atom stereocenters. The van der Waals surface area contributed by atoms with Crippen LogP contribution in [-0.2, 0) is 4.79 Å². The Balaban J connectivity index is 1.42. The molecule has 0 N–H and O–H groups in total. The molecule has 1 aromatic carbocycles. The van der Waals surface area contributed by atoms with Crippen LogP contribution < -0.4 is 4.90 Å². The normalized spacial score (nSPS) is 20.7. The zero-order valence-electron chi connectivity index (χ0n) is 18.3. The minimum Gasteiger partial charge on any atom is -0.339 e. The van der Waals surface area contributed by atoms with Crippen molar-refractivity contribution in [2.75, 3.05) is 31.1 Å². The Kier molecular flexibility index (Phi) is 4.58. The summed E-state index contributed by atoms with van der Waals surface area (Å²) < 4.78 is 2.23. The maximum Gasteiger partial charge on any atom is 0.225 e. The van der Waals surface area contributed by atoms with Crippen LogP contribution in [0.3, 0.4) is 0 Å². The third kappa shape index (κ3) is 3.34. The lowest BCUT2D eigenvalue weighted by Gasteiger charge is -2.36. The van der Waals surface area contributed by atoms with Crippen LogP contribution in [0.2, 0.25) is 0 Å². The predicted molar refractivity (Wildman–Crippen MR) is 120 cm³/mol. The summed E-state index contributed by atoms with van der Waals surface area (Å²) in [5, 5.41) is 10.5. The van der Waals surface area contributed by atoms with E-state index in [4.69, 9.17) is 10.1 Å². The van der Waals surface area contributed by atoms with Gasteiger partial charge in [0.1, 0.15) is 5.82 Å². The number of aryl methyl sites for hydroxylation is 1. The summed E-state index contributed by atoms with van der Waals surface area (Å²) in [5.41, 5.74) is 3.09. The number of nitrogens with zero attached hydrogens (tertiary/aromatic N) is 6. The first-order valence-corrected chi connectivity index (χ1v) is 11.9. The monoisotopic (exact) mass is 418 g/mol. The summed E-state index contributed by atoms with van der Waals surface area (Å²) in [6.45, 7) is 5.26. The molecular formula is C24H30N6O. The first-order chi connectivity index (χ1) is 15.2. The average Bonchev–Trinajstić information content (AvgIpc) is 3.57. The molecular weight excluding hydrogens is 388 g/mol. The van der Waals surface area contributed by atoms with Gasteiger partial charge in [-0.15, -0.1) is 10.2 Å². The smallest absolute Gasteiger partial charge is 0.225 e. The Morgan fingerprint density at radius 3 is 2.48 bits per heavy atom. The number of hydrogen-bond acceptors (Lipinski definition) is 5. The van der Waals surface area contributed by atoms with Gasteiger partial charge in [0.2, 0.25) is 11.9 Å². The molecule has 3 aliphatic rings. The molecule has 0 spiro atoms. The number of rotatable bonds is 3. The van der Waals surface area contributed by atoms with Crippen LogP contribution in [0.1, 0.15) is 62.3 Å². The summed E-state index contributed by atoms with van der Waals surface area (Å²) in [6, 6.07) is 6.38. The van der Waals surface area contributed by atoms with E-state index in [1.54, 1.807) is 0 Å². The minimum atomic E-state index is 0.288. The lowest BCUT2D eigenvalue weighted by atomic mass is 9.89. The molecule has 2 aliphatic carbocycles. The molecule has 7 heteroatoms. The predicted octanol–water partition coefficient (Wildman–Crippen LogP) is 3.69. The molecule has 162 valence electrons. The summed E-state index contributed by atoms with van der Waals surface area (Å²) in [4.78, 5) is 22.0. The number of carbonyl (C=O) groups excluding carboxylic acids is 1. The number of benzene rings is 1. The van der Waals surface area contributed by atoms with Crippen molar-refractivity contribution in [1.82, 2.24) is 24.5 Å². The van der Waals surface area contributed by atoms with Crippen molar-refractivity contribution in [2.24, 2.45) is 5.92 Å². The van der Waals surface area contributed by atoms with Gasteiger partial charge in [0.15, 0.2) is 5.65 Å². The molecule has 2 saturated carbocycles. The van der Waals surface area contributed by atoms with Crippen molar-refractivity contribution in [2.45, 2.75) is 57.8 Å². The number of hydrogen-bond donors (Lipinski definition) is 0. The van der Waals surface area contributed by atoms with Gasteiger partial charge in [0.05, 0.1) is 5.52 Å². The lowest BCUT2D eigenvalue weighted by Crippen LogP contribution is -2.50. The molecule has 7 nitrogen and oxygen atoms in total. The van der Waals surface area contributed by atoms with Crippen molar-refractivity contribution in [3.05, 3.63) is 29.6 Å². The summed E-state index contributed by atoms with van der Waals surface area (Å²) in [7, 11) is 0. The van der Waals surface area contributed by atoms with E-state index in [-0.39, 0.29) is 5.92 Å². The summed E-state index contributed by atoms with van der Waals surface area (Å²) in [5.74, 6) is 3.09. The minimum absolute atomic E-state index is 0.288. The zero-order chi connectivity index (χ0) is 20.9. The fourth-order valence-corrected chi connectivity index (χ4v) is 5.30. The lowest BCUT2D eigenvalue weighted by molar-refractivity contribution is -0.132. The number of fused-ring (bicyclic) bond motifs is 3. The molecule has 2 aromatic heterocycles. The fraction of sp³-hybridized carbons (Fsp3) is 0.583. The second-order valence-electron chi connectivity index (χ2n) is 9.57. The molecule has 0 unspecified atom stereocenters. The van der Waals surface area contributed by atoms with Gasteiger partial charge in [0, 0.05) is 43.4 Å². The molecule has 1 amide bonds. The van der Waals surface area contributed by atoms with Gasteiger partial charge in [0.25, 0.3) is 0 Å². The molecule has 0 radical (unpaired) electrons. The molecule has 3 heterocycles. The van der Waals surface area contributed by atoms with Crippen LogP contribution in [0, 0.1) is 12.8 Å². The molecule has 6 rings (SSSR count). The Bertz CT molecular complexity index is 1140. The van der Waals surface area contributed by atoms with E-state index in [2.05, 4.69) is 39.5 Å². The van der Waals surface area contributed by atoms with Crippen LogP contribution >= 0.6 is 0 Å². The van der Waals surface area contributed by atoms with Gasteiger partial charge >= 0.3 is 0 Å².